The maximum atomic E-state index is 10.5. The normalized spacial score (nSPS) is 12.3. The second-order valence-electron chi connectivity index (χ2n) is 2.05. The van der Waals surface area contributed by atoms with E-state index in [1.807, 2.05) is 0 Å². The van der Waals surface area contributed by atoms with Crippen molar-refractivity contribution >= 4 is 11.7 Å². The number of amides is 1. The zero-order chi connectivity index (χ0) is 8.15. The molecule has 2 N–H and O–H groups in total. The molecule has 0 aromatic heterocycles. The summed E-state index contributed by atoms with van der Waals surface area (Å²) < 4.78 is 0. The third-order valence-electron chi connectivity index (χ3n) is 1.05. The number of nitrogens with one attached hydrogen (secondary N) is 1. The van der Waals surface area contributed by atoms with Crippen LogP contribution < -0.4 is 5.32 Å². The fraction of sp³-hybridized carbons (Fsp3) is 0.667. The smallest absolute Gasteiger partial charge is 0.217 e. The second-order valence-corrected chi connectivity index (χ2v) is 2.05. The minimum absolute atomic E-state index is 0.238. The molecule has 0 aromatic rings. The highest BCUT2D eigenvalue weighted by molar-refractivity contribution is 5.86. The van der Waals surface area contributed by atoms with Crippen LogP contribution in [0, 0.1) is 0 Å². The van der Waals surface area contributed by atoms with Crippen molar-refractivity contribution in [2.75, 3.05) is 6.61 Å². The number of hydrogen-bond acceptors (Lipinski definition) is 3. The van der Waals surface area contributed by atoms with Crippen molar-refractivity contribution in [3.8, 4) is 0 Å². The maximum Gasteiger partial charge on any atom is 0.217 e. The minimum Gasteiger partial charge on any atom is -0.394 e. The summed E-state index contributed by atoms with van der Waals surface area (Å²) >= 11 is 0. The highest BCUT2D eigenvalue weighted by Crippen LogP contribution is 1.82. The zero-order valence-corrected chi connectivity index (χ0v) is 6.05. The van der Waals surface area contributed by atoms with Gasteiger partial charge in [-0.05, 0) is 6.92 Å². The number of aliphatic hydroxyl groups is 1. The van der Waals surface area contributed by atoms with Gasteiger partial charge in [0.15, 0.2) is 5.78 Å². The van der Waals surface area contributed by atoms with Gasteiger partial charge >= 0.3 is 0 Å². The number of carbonyl (C=O) groups is 2. The van der Waals surface area contributed by atoms with Crippen molar-refractivity contribution in [1.82, 2.24) is 5.32 Å². The van der Waals surface area contributed by atoms with Crippen LogP contribution in [0.1, 0.15) is 13.8 Å². The Morgan fingerprint density at radius 2 is 2.00 bits per heavy atom. The number of aliphatic hydroxyl groups excluding tert-OH is 1. The molecule has 0 saturated carbocycles. The summed E-state index contributed by atoms with van der Waals surface area (Å²) in [6.07, 6.45) is 0. The third-order valence-corrected chi connectivity index (χ3v) is 1.05. The predicted octanol–water partition coefficient (Wildman–Crippen LogP) is -0.928. The van der Waals surface area contributed by atoms with Crippen LogP contribution in [0.4, 0.5) is 0 Å². The number of Topliss-reactive ketones (excluding diaryl/α,β-unsaturated/α-hetero) is 1. The first-order valence-electron chi connectivity index (χ1n) is 2.96. The maximum absolute atomic E-state index is 10.5. The zero-order valence-electron chi connectivity index (χ0n) is 6.05. The van der Waals surface area contributed by atoms with Crippen molar-refractivity contribution in [1.29, 1.82) is 0 Å². The van der Waals surface area contributed by atoms with E-state index in [-0.39, 0.29) is 18.3 Å². The van der Waals surface area contributed by atoms with E-state index in [4.69, 9.17) is 5.11 Å². The van der Waals surface area contributed by atoms with Crippen LogP contribution in [0.15, 0.2) is 0 Å². The molecule has 0 bridgehead atoms. The highest BCUT2D eigenvalue weighted by atomic mass is 16.3. The van der Waals surface area contributed by atoms with Crippen molar-refractivity contribution in [3.63, 3.8) is 0 Å². The molecule has 0 heterocycles. The van der Waals surface area contributed by atoms with Crippen molar-refractivity contribution in [3.05, 3.63) is 0 Å². The van der Waals surface area contributed by atoms with E-state index in [0.717, 1.165) is 0 Å². The molecule has 0 rings (SSSR count). The highest BCUT2D eigenvalue weighted by Gasteiger charge is 2.12. The van der Waals surface area contributed by atoms with E-state index in [1.165, 1.54) is 13.8 Å². The summed E-state index contributed by atoms with van der Waals surface area (Å²) in [6, 6.07) is -0.738. The Bertz CT molecular complexity index is 144. The molecule has 4 heteroatoms. The average molecular weight is 145 g/mol. The van der Waals surface area contributed by atoms with Crippen LogP contribution in [0.5, 0.6) is 0 Å². The second kappa shape index (κ2) is 4.00. The van der Waals surface area contributed by atoms with Crippen molar-refractivity contribution in [2.45, 2.75) is 19.9 Å². The molecular formula is C6H11NO3. The lowest BCUT2D eigenvalue weighted by Gasteiger charge is -2.09. The van der Waals surface area contributed by atoms with Gasteiger partial charge in [-0.3, -0.25) is 9.59 Å². The molecule has 1 atom stereocenters. The van der Waals surface area contributed by atoms with Gasteiger partial charge in [-0.1, -0.05) is 0 Å². The molecule has 0 aliphatic carbocycles. The molecule has 0 aliphatic rings. The Hall–Kier alpha value is -0.900. The van der Waals surface area contributed by atoms with Crippen LogP contribution in [-0.4, -0.2) is 29.4 Å². The quantitative estimate of drug-likeness (QED) is 0.539. The van der Waals surface area contributed by atoms with E-state index >= 15 is 0 Å². The Morgan fingerprint density at radius 1 is 1.50 bits per heavy atom. The third kappa shape index (κ3) is 3.19. The monoisotopic (exact) mass is 145 g/mol. The van der Waals surface area contributed by atoms with Gasteiger partial charge in [-0.25, -0.2) is 0 Å². The van der Waals surface area contributed by atoms with Crippen molar-refractivity contribution in [2.24, 2.45) is 0 Å². The van der Waals surface area contributed by atoms with Gasteiger partial charge in [0.05, 0.1) is 6.61 Å². The Balaban J connectivity index is 3.83. The number of ketones is 1. The van der Waals surface area contributed by atoms with Gasteiger partial charge in [-0.15, -0.1) is 0 Å². The molecule has 1 amide bonds. The average Bonchev–Trinajstić information content (AvgIpc) is 1.81. The van der Waals surface area contributed by atoms with Gasteiger partial charge in [-0.2, -0.15) is 0 Å². The lowest BCUT2D eigenvalue weighted by molar-refractivity contribution is -0.126. The van der Waals surface area contributed by atoms with Gasteiger partial charge in [0.1, 0.15) is 6.04 Å². The first kappa shape index (κ1) is 9.10. The lowest BCUT2D eigenvalue weighted by Crippen LogP contribution is -2.41. The fourth-order valence-corrected chi connectivity index (χ4v) is 0.521. The van der Waals surface area contributed by atoms with Gasteiger partial charge in [0.2, 0.25) is 5.91 Å². The van der Waals surface area contributed by atoms with E-state index in [9.17, 15) is 9.59 Å². The van der Waals surface area contributed by atoms with Gasteiger partial charge in [0.25, 0.3) is 0 Å². The number of hydrogen-bond donors (Lipinski definition) is 2. The molecule has 0 aliphatic heterocycles. The lowest BCUT2D eigenvalue weighted by atomic mass is 10.2. The SMILES string of the molecule is CC(=O)NC(CO)C(C)=O. The summed E-state index contributed by atoms with van der Waals surface area (Å²) in [5.74, 6) is -0.549. The minimum atomic E-state index is -0.738. The molecule has 1 unspecified atom stereocenters. The molecule has 0 radical (unpaired) electrons. The van der Waals surface area contributed by atoms with E-state index in [2.05, 4.69) is 5.32 Å². The standard InChI is InChI=1S/C6H11NO3/c1-4(9)6(3-8)7-5(2)10/h6,8H,3H2,1-2H3,(H,7,10). The number of carbonyl (C=O) groups excluding carboxylic acids is 2. The first-order chi connectivity index (χ1) is 4.57. The topological polar surface area (TPSA) is 66.4 Å². The number of rotatable bonds is 3. The molecular weight excluding hydrogens is 134 g/mol. The Kier molecular flexibility index (Phi) is 3.64. The predicted molar refractivity (Wildman–Crippen MR) is 35.4 cm³/mol. The Morgan fingerprint density at radius 3 is 2.10 bits per heavy atom. The van der Waals surface area contributed by atoms with Crippen LogP contribution in [0.3, 0.4) is 0 Å². The van der Waals surface area contributed by atoms with Crippen LogP contribution in [0.25, 0.3) is 0 Å². The van der Waals surface area contributed by atoms with E-state index in [0.29, 0.717) is 0 Å². The summed E-state index contributed by atoms with van der Waals surface area (Å²) in [7, 11) is 0. The van der Waals surface area contributed by atoms with Crippen LogP contribution in [-0.2, 0) is 9.59 Å². The summed E-state index contributed by atoms with van der Waals surface area (Å²) in [5.41, 5.74) is 0. The molecule has 0 saturated heterocycles. The summed E-state index contributed by atoms with van der Waals surface area (Å²) in [6.45, 7) is 2.28. The van der Waals surface area contributed by atoms with E-state index in [1.54, 1.807) is 0 Å². The van der Waals surface area contributed by atoms with Crippen LogP contribution in [0.2, 0.25) is 0 Å². The van der Waals surface area contributed by atoms with Gasteiger partial charge < -0.3 is 10.4 Å². The molecule has 0 fully saturated rings. The Labute approximate surface area is 59.2 Å². The molecule has 4 nitrogen and oxygen atoms in total. The molecule has 58 valence electrons. The molecule has 0 spiro atoms. The first-order valence-corrected chi connectivity index (χ1v) is 2.96. The molecule has 10 heavy (non-hydrogen) atoms. The van der Waals surface area contributed by atoms with E-state index < -0.39 is 6.04 Å². The summed E-state index contributed by atoms with van der Waals surface area (Å²) in [5, 5.41) is 10.8. The fourth-order valence-electron chi connectivity index (χ4n) is 0.521. The van der Waals surface area contributed by atoms with Crippen molar-refractivity contribution < 1.29 is 14.7 Å². The molecule has 0 aromatic carbocycles. The largest absolute Gasteiger partial charge is 0.394 e. The summed E-state index contributed by atoms with van der Waals surface area (Å²) in [4.78, 5) is 20.9. The van der Waals surface area contributed by atoms with Crippen LogP contribution >= 0.6 is 0 Å². The van der Waals surface area contributed by atoms with Gasteiger partial charge in [0, 0.05) is 6.92 Å².